The quantitative estimate of drug-likeness (QED) is 0.0610. The molecule has 0 aromatic heterocycles. The van der Waals surface area contributed by atoms with E-state index in [1.807, 2.05) is 0 Å². The molecule has 0 spiro atoms. The topological polar surface area (TPSA) is 92.3 Å². The van der Waals surface area contributed by atoms with E-state index in [1.54, 1.807) is 0 Å². The molecule has 0 fully saturated rings. The molecule has 0 bridgehead atoms. The van der Waals surface area contributed by atoms with Gasteiger partial charge < -0.3 is 47.4 Å². The van der Waals surface area contributed by atoms with Gasteiger partial charge in [0.2, 0.25) is 0 Å². The van der Waals surface area contributed by atoms with E-state index in [9.17, 15) is 0 Å². The van der Waals surface area contributed by atoms with Gasteiger partial charge in [-0.15, -0.1) is 0 Å². The molecule has 0 rings (SSSR count). The second kappa shape index (κ2) is 42.1. The van der Waals surface area contributed by atoms with Crippen molar-refractivity contribution in [2.45, 2.75) is 71.1 Å². The molecule has 0 radical (unpaired) electrons. The summed E-state index contributed by atoms with van der Waals surface area (Å²) in [6.45, 7) is 13.9. The molecule has 10 nitrogen and oxygen atoms in total. The minimum atomic E-state index is 0.532. The summed E-state index contributed by atoms with van der Waals surface area (Å²) in [7, 11) is 0. The zero-order chi connectivity index (χ0) is 31.0. The second-order valence-electron chi connectivity index (χ2n) is 9.99. The average molecular weight is 690 g/mol. The molecule has 43 heavy (non-hydrogen) atoms. The van der Waals surface area contributed by atoms with Gasteiger partial charge in [-0.25, -0.2) is 0 Å². The van der Waals surface area contributed by atoms with Crippen LogP contribution in [0, 0.1) is 0 Å². The fraction of sp³-hybridized carbons (Fsp3) is 1.00. The molecule has 0 aromatic rings. The number of ether oxygens (including phenoxy) is 10. The first-order valence-corrected chi connectivity index (χ1v) is 17.9. The highest BCUT2D eigenvalue weighted by Gasteiger charge is 1.97. The monoisotopic (exact) mass is 688 g/mol. The molecule has 0 aliphatic carbocycles. The Balaban J connectivity index is 3.02. The number of unbranched alkanes of at least 4 members (excludes halogenated alkanes) is 9. The van der Waals surface area contributed by atoms with E-state index in [-0.39, 0.29) is 0 Å². The number of alkyl halides is 1. The molecule has 0 saturated carbocycles. The van der Waals surface area contributed by atoms with Crippen LogP contribution < -0.4 is 0 Å². The minimum absolute atomic E-state index is 0.532. The Bertz CT molecular complexity index is 439. The molecule has 0 amide bonds. The van der Waals surface area contributed by atoms with Crippen LogP contribution in [-0.4, -0.2) is 137 Å². The van der Waals surface area contributed by atoms with E-state index in [2.05, 4.69) is 22.9 Å². The van der Waals surface area contributed by atoms with E-state index in [4.69, 9.17) is 47.4 Å². The summed E-state index contributed by atoms with van der Waals surface area (Å²) in [5.41, 5.74) is 0. The lowest BCUT2D eigenvalue weighted by molar-refractivity contribution is -0.0262. The zero-order valence-corrected chi connectivity index (χ0v) is 29.0. The van der Waals surface area contributed by atoms with E-state index < -0.39 is 0 Å². The number of halogens is 1. The van der Waals surface area contributed by atoms with E-state index >= 15 is 0 Å². The molecule has 0 saturated heterocycles. The molecule has 260 valence electrons. The van der Waals surface area contributed by atoms with Gasteiger partial charge in [0.1, 0.15) is 0 Å². The minimum Gasteiger partial charge on any atom is -0.379 e. The fourth-order valence-electron chi connectivity index (χ4n) is 3.83. The summed E-state index contributed by atoms with van der Waals surface area (Å²) in [6.07, 6.45) is 13.4. The Morgan fingerprint density at radius 3 is 0.721 bits per heavy atom. The predicted octanol–water partition coefficient (Wildman–Crippen LogP) is 5.47. The first-order chi connectivity index (χ1) is 21.4. The van der Waals surface area contributed by atoms with Crippen LogP contribution >= 0.6 is 15.9 Å². The van der Waals surface area contributed by atoms with E-state index in [1.165, 1.54) is 57.8 Å². The van der Waals surface area contributed by atoms with Gasteiger partial charge in [-0.3, -0.25) is 0 Å². The van der Waals surface area contributed by atoms with Crippen LogP contribution in [0.1, 0.15) is 71.1 Å². The van der Waals surface area contributed by atoms with Gasteiger partial charge in [0.15, 0.2) is 0 Å². The summed E-state index contributed by atoms with van der Waals surface area (Å²) in [5.74, 6) is 0. The first-order valence-electron chi connectivity index (χ1n) is 16.7. The van der Waals surface area contributed by atoms with Crippen molar-refractivity contribution >= 4 is 15.9 Å². The third-order valence-corrected chi connectivity index (χ3v) is 6.54. The highest BCUT2D eigenvalue weighted by atomic mass is 79.9. The maximum Gasteiger partial charge on any atom is 0.0701 e. The van der Waals surface area contributed by atoms with Crippen LogP contribution in [0.15, 0.2) is 0 Å². The van der Waals surface area contributed by atoms with Crippen molar-refractivity contribution in [3.05, 3.63) is 0 Å². The third-order valence-electron chi connectivity index (χ3n) is 6.21. The standard InChI is InChI=1S/C32H65BrO10/c1-2-3-4-5-6-7-8-9-10-11-13-34-15-17-36-19-21-38-23-25-40-27-29-42-31-32-43-30-28-41-26-24-39-22-20-37-18-16-35-14-12-33/h2-32H2,1H3. The fourth-order valence-corrected chi connectivity index (χ4v) is 4.06. The predicted molar refractivity (Wildman–Crippen MR) is 174 cm³/mol. The molecule has 0 aliphatic heterocycles. The number of hydrogen-bond acceptors (Lipinski definition) is 10. The summed E-state index contributed by atoms with van der Waals surface area (Å²) < 4.78 is 54.8. The number of rotatable bonds is 40. The van der Waals surface area contributed by atoms with Crippen LogP contribution in [0.4, 0.5) is 0 Å². The van der Waals surface area contributed by atoms with Gasteiger partial charge >= 0.3 is 0 Å². The highest BCUT2D eigenvalue weighted by molar-refractivity contribution is 9.09. The van der Waals surface area contributed by atoms with Crippen LogP contribution in [0.25, 0.3) is 0 Å². The van der Waals surface area contributed by atoms with Gasteiger partial charge in [-0.05, 0) is 6.42 Å². The Kier molecular flexibility index (Phi) is 42.2. The van der Waals surface area contributed by atoms with Crippen molar-refractivity contribution in [1.29, 1.82) is 0 Å². The summed E-state index contributed by atoms with van der Waals surface area (Å²) in [4.78, 5) is 0. The Morgan fingerprint density at radius 2 is 0.465 bits per heavy atom. The SMILES string of the molecule is CCCCCCCCCCCCOCCOCCOCCOCCOCCOCCOCCOCCOCCOCCBr. The Morgan fingerprint density at radius 1 is 0.256 bits per heavy atom. The second-order valence-corrected chi connectivity index (χ2v) is 10.8. The summed E-state index contributed by atoms with van der Waals surface area (Å²) >= 11 is 3.30. The van der Waals surface area contributed by atoms with Crippen molar-refractivity contribution in [3.8, 4) is 0 Å². The van der Waals surface area contributed by atoms with Gasteiger partial charge in [-0.1, -0.05) is 80.6 Å². The van der Waals surface area contributed by atoms with Gasteiger partial charge in [0.05, 0.1) is 126 Å². The molecule has 0 aromatic carbocycles. The molecule has 0 heterocycles. The molecule has 0 unspecified atom stereocenters. The smallest absolute Gasteiger partial charge is 0.0701 e. The van der Waals surface area contributed by atoms with Gasteiger partial charge in [0.25, 0.3) is 0 Å². The van der Waals surface area contributed by atoms with Crippen molar-refractivity contribution < 1.29 is 47.4 Å². The lowest BCUT2D eigenvalue weighted by Gasteiger charge is -2.09. The average Bonchev–Trinajstić information content (AvgIpc) is 3.02. The van der Waals surface area contributed by atoms with Crippen LogP contribution in [0.3, 0.4) is 0 Å². The zero-order valence-electron chi connectivity index (χ0n) is 27.4. The summed E-state index contributed by atoms with van der Waals surface area (Å²) in [5, 5.41) is 0.843. The van der Waals surface area contributed by atoms with Crippen LogP contribution in [0.2, 0.25) is 0 Å². The molecular formula is C32H65BrO10. The van der Waals surface area contributed by atoms with E-state index in [0.29, 0.717) is 126 Å². The van der Waals surface area contributed by atoms with E-state index in [0.717, 1.165) is 18.4 Å². The summed E-state index contributed by atoms with van der Waals surface area (Å²) in [6, 6.07) is 0. The largest absolute Gasteiger partial charge is 0.379 e. The molecule has 0 N–H and O–H groups in total. The van der Waals surface area contributed by atoms with Gasteiger partial charge in [0, 0.05) is 11.9 Å². The molecule has 0 aliphatic rings. The normalized spacial score (nSPS) is 11.6. The van der Waals surface area contributed by atoms with Crippen molar-refractivity contribution in [2.24, 2.45) is 0 Å². The molecule has 11 heteroatoms. The van der Waals surface area contributed by atoms with Gasteiger partial charge in [-0.2, -0.15) is 0 Å². The van der Waals surface area contributed by atoms with Crippen molar-refractivity contribution in [1.82, 2.24) is 0 Å². The highest BCUT2D eigenvalue weighted by Crippen LogP contribution is 2.10. The third kappa shape index (κ3) is 42.1. The maximum atomic E-state index is 5.64. The Hall–Kier alpha value is 0.0800. The van der Waals surface area contributed by atoms with Crippen LogP contribution in [0.5, 0.6) is 0 Å². The lowest BCUT2D eigenvalue weighted by Crippen LogP contribution is -2.15. The molecule has 0 atom stereocenters. The Labute approximate surface area is 271 Å². The number of hydrogen-bond donors (Lipinski definition) is 0. The lowest BCUT2D eigenvalue weighted by atomic mass is 10.1. The molecular weight excluding hydrogens is 624 g/mol. The van der Waals surface area contributed by atoms with Crippen LogP contribution in [-0.2, 0) is 47.4 Å². The van der Waals surface area contributed by atoms with Crippen molar-refractivity contribution in [3.63, 3.8) is 0 Å². The van der Waals surface area contributed by atoms with Crippen molar-refractivity contribution in [2.75, 3.05) is 137 Å². The maximum absolute atomic E-state index is 5.64. The first kappa shape index (κ1) is 43.1.